The van der Waals surface area contributed by atoms with Crippen LogP contribution in [0.4, 0.5) is 0 Å². The molecule has 1 rings (SSSR count). The Morgan fingerprint density at radius 3 is 2.65 bits per heavy atom. The summed E-state index contributed by atoms with van der Waals surface area (Å²) in [5.74, 6) is -0.233. The number of amides is 2. The van der Waals surface area contributed by atoms with Gasteiger partial charge in [0.15, 0.2) is 0 Å². The first-order chi connectivity index (χ1) is 7.99. The van der Waals surface area contributed by atoms with Gasteiger partial charge < -0.3 is 16.4 Å². The van der Waals surface area contributed by atoms with Gasteiger partial charge in [0.1, 0.15) is 0 Å². The maximum absolute atomic E-state index is 11.6. The minimum Gasteiger partial charge on any atom is -0.355 e. The molecule has 2 amide bonds. The van der Waals surface area contributed by atoms with Crippen LogP contribution in [0.3, 0.4) is 0 Å². The van der Waals surface area contributed by atoms with Crippen molar-refractivity contribution in [1.29, 1.82) is 0 Å². The van der Waals surface area contributed by atoms with Gasteiger partial charge in [0.2, 0.25) is 11.8 Å². The Morgan fingerprint density at radius 2 is 2.12 bits per heavy atom. The first-order valence-corrected chi connectivity index (χ1v) is 6.00. The van der Waals surface area contributed by atoms with Crippen molar-refractivity contribution in [2.75, 3.05) is 6.54 Å². The molecule has 0 bridgehead atoms. The van der Waals surface area contributed by atoms with Crippen molar-refractivity contribution in [2.45, 2.75) is 38.8 Å². The van der Waals surface area contributed by atoms with E-state index in [1.165, 1.54) is 0 Å². The second-order valence-corrected chi connectivity index (χ2v) is 4.65. The average molecular weight is 239 g/mol. The van der Waals surface area contributed by atoms with Crippen LogP contribution in [0.2, 0.25) is 0 Å². The summed E-state index contributed by atoms with van der Waals surface area (Å²) in [6, 6.07) is 0.115. The molecule has 1 aliphatic carbocycles. The molecule has 0 saturated carbocycles. The topological polar surface area (TPSA) is 84.2 Å². The molecule has 0 aromatic rings. The van der Waals surface area contributed by atoms with E-state index >= 15 is 0 Å². The number of carbonyl (C=O) groups excluding carboxylic acids is 2. The lowest BCUT2D eigenvalue weighted by molar-refractivity contribution is -0.124. The number of hydrogen-bond acceptors (Lipinski definition) is 3. The maximum Gasteiger partial charge on any atom is 0.227 e. The van der Waals surface area contributed by atoms with Crippen LogP contribution in [0.15, 0.2) is 12.2 Å². The second-order valence-electron chi connectivity index (χ2n) is 4.65. The first kappa shape index (κ1) is 13.7. The van der Waals surface area contributed by atoms with Crippen LogP contribution in [-0.4, -0.2) is 30.4 Å². The number of rotatable bonds is 5. The molecular formula is C12H21N3O2. The van der Waals surface area contributed by atoms with Gasteiger partial charge in [0, 0.05) is 25.0 Å². The molecular weight excluding hydrogens is 218 g/mol. The largest absolute Gasteiger partial charge is 0.355 e. The maximum atomic E-state index is 11.6. The molecule has 0 saturated heterocycles. The zero-order valence-electron chi connectivity index (χ0n) is 10.4. The van der Waals surface area contributed by atoms with E-state index in [4.69, 9.17) is 5.73 Å². The minimum absolute atomic E-state index is 0.0185. The van der Waals surface area contributed by atoms with Crippen molar-refractivity contribution in [3.8, 4) is 0 Å². The van der Waals surface area contributed by atoms with Gasteiger partial charge in [-0.3, -0.25) is 9.59 Å². The summed E-state index contributed by atoms with van der Waals surface area (Å²) in [6.07, 6.45) is 4.64. The Bertz CT molecular complexity index is 313. The van der Waals surface area contributed by atoms with Crippen LogP contribution in [0, 0.1) is 5.92 Å². The van der Waals surface area contributed by atoms with E-state index in [0.717, 1.165) is 0 Å². The summed E-state index contributed by atoms with van der Waals surface area (Å²) >= 11 is 0. The predicted octanol–water partition coefficient (Wildman–Crippen LogP) is -0.0793. The first-order valence-electron chi connectivity index (χ1n) is 6.00. The van der Waals surface area contributed by atoms with Gasteiger partial charge in [-0.2, -0.15) is 0 Å². The summed E-state index contributed by atoms with van der Waals surface area (Å²) < 4.78 is 0. The average Bonchev–Trinajstić information content (AvgIpc) is 2.63. The minimum atomic E-state index is -0.141. The second kappa shape index (κ2) is 6.39. The molecule has 0 aromatic heterocycles. The van der Waals surface area contributed by atoms with Crippen LogP contribution in [0.25, 0.3) is 0 Å². The number of carbonyl (C=O) groups is 2. The molecule has 0 radical (unpaired) electrons. The Kier molecular flexibility index (Phi) is 5.15. The Labute approximate surface area is 102 Å². The molecule has 17 heavy (non-hydrogen) atoms. The molecule has 0 fully saturated rings. The third-order valence-corrected chi connectivity index (χ3v) is 2.55. The molecule has 5 heteroatoms. The highest BCUT2D eigenvalue weighted by Crippen LogP contribution is 2.15. The van der Waals surface area contributed by atoms with Crippen molar-refractivity contribution in [3.63, 3.8) is 0 Å². The van der Waals surface area contributed by atoms with Gasteiger partial charge in [-0.1, -0.05) is 12.2 Å². The van der Waals surface area contributed by atoms with E-state index in [-0.39, 0.29) is 29.8 Å². The standard InChI is InChI=1S/C12H21N3O2/c1-8(2)15-11(16)5-6-14-12(17)9-3-4-10(13)7-9/h3-4,8-10H,5-7,13H2,1-2H3,(H,14,17)(H,15,16). The van der Waals surface area contributed by atoms with Crippen LogP contribution in [-0.2, 0) is 9.59 Å². The number of hydrogen-bond donors (Lipinski definition) is 3. The molecule has 0 spiro atoms. The summed E-state index contributed by atoms with van der Waals surface area (Å²) in [6.45, 7) is 4.18. The van der Waals surface area contributed by atoms with Gasteiger partial charge in [0.05, 0.1) is 5.92 Å². The molecule has 4 N–H and O–H groups in total. The van der Waals surface area contributed by atoms with E-state index in [1.807, 2.05) is 26.0 Å². The van der Waals surface area contributed by atoms with Crippen molar-refractivity contribution >= 4 is 11.8 Å². The Morgan fingerprint density at radius 1 is 1.41 bits per heavy atom. The molecule has 0 aliphatic heterocycles. The van der Waals surface area contributed by atoms with Crippen LogP contribution < -0.4 is 16.4 Å². The van der Waals surface area contributed by atoms with Gasteiger partial charge >= 0.3 is 0 Å². The van der Waals surface area contributed by atoms with Gasteiger partial charge in [0.25, 0.3) is 0 Å². The fourth-order valence-electron chi connectivity index (χ4n) is 1.75. The number of nitrogens with one attached hydrogen (secondary N) is 2. The number of nitrogens with two attached hydrogens (primary N) is 1. The zero-order valence-corrected chi connectivity index (χ0v) is 10.4. The van der Waals surface area contributed by atoms with Crippen LogP contribution in [0.1, 0.15) is 26.7 Å². The molecule has 0 aromatic carbocycles. The third kappa shape index (κ3) is 4.99. The fourth-order valence-corrected chi connectivity index (χ4v) is 1.75. The van der Waals surface area contributed by atoms with Gasteiger partial charge in [-0.25, -0.2) is 0 Å². The molecule has 2 atom stereocenters. The van der Waals surface area contributed by atoms with Crippen LogP contribution >= 0.6 is 0 Å². The summed E-state index contributed by atoms with van der Waals surface area (Å²) in [7, 11) is 0. The van der Waals surface area contributed by atoms with Crippen molar-refractivity contribution in [1.82, 2.24) is 10.6 Å². The SMILES string of the molecule is CC(C)NC(=O)CCNC(=O)C1C=CC(N)C1. The van der Waals surface area contributed by atoms with Crippen molar-refractivity contribution in [3.05, 3.63) is 12.2 Å². The van der Waals surface area contributed by atoms with E-state index < -0.39 is 0 Å². The highest BCUT2D eigenvalue weighted by molar-refractivity contribution is 5.82. The summed E-state index contributed by atoms with van der Waals surface area (Å²) in [5, 5.41) is 5.51. The molecule has 0 heterocycles. The quantitative estimate of drug-likeness (QED) is 0.587. The normalized spacial score (nSPS) is 22.8. The predicted molar refractivity (Wildman–Crippen MR) is 66.1 cm³/mol. The Balaban J connectivity index is 2.16. The van der Waals surface area contributed by atoms with Crippen molar-refractivity contribution < 1.29 is 9.59 Å². The lowest BCUT2D eigenvalue weighted by atomic mass is 10.1. The lowest BCUT2D eigenvalue weighted by Crippen LogP contribution is -2.36. The monoisotopic (exact) mass is 239 g/mol. The van der Waals surface area contributed by atoms with E-state index in [2.05, 4.69) is 10.6 Å². The highest BCUT2D eigenvalue weighted by atomic mass is 16.2. The molecule has 96 valence electrons. The van der Waals surface area contributed by atoms with E-state index in [0.29, 0.717) is 19.4 Å². The van der Waals surface area contributed by atoms with Crippen molar-refractivity contribution in [2.24, 2.45) is 11.7 Å². The third-order valence-electron chi connectivity index (χ3n) is 2.55. The molecule has 1 aliphatic rings. The molecule has 2 unspecified atom stereocenters. The summed E-state index contributed by atoms with van der Waals surface area (Å²) in [4.78, 5) is 23.0. The Hall–Kier alpha value is -1.36. The van der Waals surface area contributed by atoms with Gasteiger partial charge in [-0.05, 0) is 20.3 Å². The molecule has 5 nitrogen and oxygen atoms in total. The van der Waals surface area contributed by atoms with E-state index in [9.17, 15) is 9.59 Å². The van der Waals surface area contributed by atoms with Crippen LogP contribution in [0.5, 0.6) is 0 Å². The fraction of sp³-hybridized carbons (Fsp3) is 0.667. The van der Waals surface area contributed by atoms with E-state index in [1.54, 1.807) is 0 Å². The zero-order chi connectivity index (χ0) is 12.8. The smallest absolute Gasteiger partial charge is 0.227 e. The van der Waals surface area contributed by atoms with Gasteiger partial charge in [-0.15, -0.1) is 0 Å². The summed E-state index contributed by atoms with van der Waals surface area (Å²) in [5.41, 5.74) is 5.66. The highest BCUT2D eigenvalue weighted by Gasteiger charge is 2.22. The lowest BCUT2D eigenvalue weighted by Gasteiger charge is -2.11.